The van der Waals surface area contributed by atoms with E-state index in [4.69, 9.17) is 9.47 Å². The van der Waals surface area contributed by atoms with Crippen LogP contribution in [0.3, 0.4) is 0 Å². The van der Waals surface area contributed by atoms with Crippen LogP contribution in [0.4, 0.5) is 4.79 Å². The molecule has 3 rings (SSSR count). The monoisotopic (exact) mass is 337 g/mol. The van der Waals surface area contributed by atoms with E-state index in [2.05, 4.69) is 13.8 Å². The van der Waals surface area contributed by atoms with Crippen molar-refractivity contribution in [3.05, 3.63) is 20.9 Å². The van der Waals surface area contributed by atoms with Crippen LogP contribution in [0, 0.1) is 13.8 Å². The van der Waals surface area contributed by atoms with Crippen LogP contribution < -0.4 is 0 Å². The van der Waals surface area contributed by atoms with Crippen molar-refractivity contribution in [2.24, 2.45) is 0 Å². The molecule has 0 aromatic carbocycles. The maximum absolute atomic E-state index is 12.3. The Morgan fingerprint density at radius 3 is 2.52 bits per heavy atom. The van der Waals surface area contributed by atoms with Gasteiger partial charge in [0.25, 0.3) is 0 Å². The van der Waals surface area contributed by atoms with Crippen LogP contribution in [0.5, 0.6) is 0 Å². The summed E-state index contributed by atoms with van der Waals surface area (Å²) >= 11 is 1.88. The smallest absolute Gasteiger partial charge is 0.410 e. The molecule has 4 nitrogen and oxygen atoms in total. The molecule has 1 saturated heterocycles. The molecule has 23 heavy (non-hydrogen) atoms. The van der Waals surface area contributed by atoms with Crippen molar-refractivity contribution in [3.8, 4) is 0 Å². The fourth-order valence-electron chi connectivity index (χ4n) is 3.51. The predicted octanol–water partition coefficient (Wildman–Crippen LogP) is 4.16. The van der Waals surface area contributed by atoms with Gasteiger partial charge >= 0.3 is 6.09 Å². The molecule has 0 aliphatic carbocycles. The molecular formula is C18H27NO3S. The summed E-state index contributed by atoms with van der Waals surface area (Å²) in [6, 6.07) is 0. The fraction of sp³-hybridized carbons (Fsp3) is 0.722. The number of hydrogen-bond acceptors (Lipinski definition) is 4. The van der Waals surface area contributed by atoms with Gasteiger partial charge in [0.2, 0.25) is 0 Å². The standard InChI is InChI=1S/C18H27NO3S/c1-12-13(2)23-15-14(12)6-11-21-18(15)7-9-19(10-8-18)16(20)22-17(3,4)5/h6-11H2,1-5H3. The second-order valence-electron chi connectivity index (χ2n) is 7.65. The summed E-state index contributed by atoms with van der Waals surface area (Å²) in [6.07, 6.45) is 2.53. The molecule has 0 radical (unpaired) electrons. The molecule has 0 atom stereocenters. The number of nitrogens with zero attached hydrogens (tertiary/aromatic N) is 1. The third-order valence-electron chi connectivity index (χ3n) is 4.88. The van der Waals surface area contributed by atoms with Gasteiger partial charge in [0, 0.05) is 22.8 Å². The van der Waals surface area contributed by atoms with E-state index in [1.807, 2.05) is 37.0 Å². The van der Waals surface area contributed by atoms with E-state index in [1.165, 1.54) is 20.9 Å². The van der Waals surface area contributed by atoms with Crippen LogP contribution in [0.1, 0.15) is 54.5 Å². The molecule has 0 unspecified atom stereocenters. The zero-order valence-electron chi connectivity index (χ0n) is 14.8. The normalized spacial score (nSPS) is 20.5. The lowest BCUT2D eigenvalue weighted by Crippen LogP contribution is -2.49. The van der Waals surface area contributed by atoms with Crippen LogP contribution in [-0.4, -0.2) is 36.3 Å². The lowest BCUT2D eigenvalue weighted by atomic mass is 9.84. The molecule has 1 aromatic rings. The largest absolute Gasteiger partial charge is 0.444 e. The SMILES string of the molecule is Cc1sc2c(c1C)CCOC21CCN(C(=O)OC(C)(C)C)CC1. The molecule has 2 aliphatic rings. The number of fused-ring (bicyclic) bond motifs is 2. The van der Waals surface area contributed by atoms with Crippen LogP contribution in [0.2, 0.25) is 0 Å². The quantitative estimate of drug-likeness (QED) is 0.713. The number of carbonyl (C=O) groups excluding carboxylic acids is 1. The van der Waals surface area contributed by atoms with Gasteiger partial charge in [-0.2, -0.15) is 0 Å². The topological polar surface area (TPSA) is 38.8 Å². The number of likely N-dealkylation sites (tertiary alicyclic amines) is 1. The highest BCUT2D eigenvalue weighted by atomic mass is 32.1. The molecule has 5 heteroatoms. The number of aryl methyl sites for hydroxylation is 1. The van der Waals surface area contributed by atoms with E-state index in [1.54, 1.807) is 0 Å². The Morgan fingerprint density at radius 2 is 1.91 bits per heavy atom. The molecule has 3 heterocycles. The minimum absolute atomic E-state index is 0.185. The average Bonchev–Trinajstić information content (AvgIpc) is 2.76. The summed E-state index contributed by atoms with van der Waals surface area (Å²) < 4.78 is 11.8. The van der Waals surface area contributed by atoms with Gasteiger partial charge in [0.1, 0.15) is 11.2 Å². The van der Waals surface area contributed by atoms with Crippen LogP contribution in [0.15, 0.2) is 0 Å². The first-order valence-corrected chi connectivity index (χ1v) is 9.25. The number of ether oxygens (including phenoxy) is 2. The van der Waals surface area contributed by atoms with Crippen molar-refractivity contribution in [1.82, 2.24) is 4.90 Å². The maximum Gasteiger partial charge on any atom is 0.410 e. The van der Waals surface area contributed by atoms with Crippen molar-refractivity contribution >= 4 is 17.4 Å². The van der Waals surface area contributed by atoms with Gasteiger partial charge in [-0.15, -0.1) is 11.3 Å². The Bertz CT molecular complexity index is 607. The summed E-state index contributed by atoms with van der Waals surface area (Å²) in [5.41, 5.74) is 2.30. The minimum atomic E-state index is -0.442. The number of carbonyl (C=O) groups is 1. The fourth-order valence-corrected chi connectivity index (χ4v) is 4.92. The van der Waals surface area contributed by atoms with Gasteiger partial charge in [0.15, 0.2) is 0 Å². The Labute approximate surface area is 142 Å². The van der Waals surface area contributed by atoms with E-state index in [-0.39, 0.29) is 11.7 Å². The summed E-state index contributed by atoms with van der Waals surface area (Å²) in [5.74, 6) is 0. The van der Waals surface area contributed by atoms with Gasteiger partial charge in [-0.3, -0.25) is 0 Å². The van der Waals surface area contributed by atoms with Crippen molar-refractivity contribution in [2.45, 2.75) is 65.1 Å². The zero-order valence-corrected chi connectivity index (χ0v) is 15.6. The van der Waals surface area contributed by atoms with Gasteiger partial charge in [-0.25, -0.2) is 4.79 Å². The number of thiophene rings is 1. The highest BCUT2D eigenvalue weighted by molar-refractivity contribution is 7.12. The maximum atomic E-state index is 12.3. The van der Waals surface area contributed by atoms with E-state index in [0.717, 1.165) is 25.9 Å². The highest BCUT2D eigenvalue weighted by Crippen LogP contribution is 2.46. The lowest BCUT2D eigenvalue weighted by Gasteiger charge is -2.43. The minimum Gasteiger partial charge on any atom is -0.444 e. The number of rotatable bonds is 0. The van der Waals surface area contributed by atoms with Crippen molar-refractivity contribution in [2.75, 3.05) is 19.7 Å². The number of amides is 1. The predicted molar refractivity (Wildman–Crippen MR) is 92.2 cm³/mol. The molecule has 1 fully saturated rings. The second kappa shape index (κ2) is 5.78. The molecule has 1 spiro atoms. The van der Waals surface area contributed by atoms with E-state index >= 15 is 0 Å². The van der Waals surface area contributed by atoms with Crippen LogP contribution >= 0.6 is 11.3 Å². The Kier molecular flexibility index (Phi) is 4.21. The molecule has 0 saturated carbocycles. The average molecular weight is 337 g/mol. The van der Waals surface area contributed by atoms with E-state index < -0.39 is 5.60 Å². The van der Waals surface area contributed by atoms with Crippen molar-refractivity contribution < 1.29 is 14.3 Å². The third kappa shape index (κ3) is 3.13. The first-order chi connectivity index (χ1) is 10.7. The molecule has 1 amide bonds. The van der Waals surface area contributed by atoms with E-state index in [9.17, 15) is 4.79 Å². The summed E-state index contributed by atoms with van der Waals surface area (Å²) in [4.78, 5) is 16.9. The molecule has 1 aromatic heterocycles. The van der Waals surface area contributed by atoms with Gasteiger partial charge in [-0.05, 0) is 65.0 Å². The number of hydrogen-bond donors (Lipinski definition) is 0. The Hall–Kier alpha value is -1.07. The third-order valence-corrected chi connectivity index (χ3v) is 6.31. The number of piperidine rings is 1. The van der Waals surface area contributed by atoms with Gasteiger partial charge in [0.05, 0.1) is 6.61 Å². The molecule has 2 aliphatic heterocycles. The molecule has 0 N–H and O–H groups in total. The molecular weight excluding hydrogens is 310 g/mol. The van der Waals surface area contributed by atoms with Crippen LogP contribution in [-0.2, 0) is 21.5 Å². The second-order valence-corrected chi connectivity index (χ2v) is 8.88. The summed E-state index contributed by atoms with van der Waals surface area (Å²) in [5, 5.41) is 0. The summed E-state index contributed by atoms with van der Waals surface area (Å²) in [7, 11) is 0. The molecule has 128 valence electrons. The summed E-state index contributed by atoms with van der Waals surface area (Å²) in [6.45, 7) is 12.3. The highest BCUT2D eigenvalue weighted by Gasteiger charge is 2.44. The van der Waals surface area contributed by atoms with E-state index in [0.29, 0.717) is 13.1 Å². The van der Waals surface area contributed by atoms with Gasteiger partial charge in [-0.1, -0.05) is 0 Å². The molecule has 0 bridgehead atoms. The first kappa shape index (κ1) is 16.8. The lowest BCUT2D eigenvalue weighted by molar-refractivity contribution is -0.0951. The van der Waals surface area contributed by atoms with Crippen LogP contribution in [0.25, 0.3) is 0 Å². The van der Waals surface area contributed by atoms with Gasteiger partial charge < -0.3 is 14.4 Å². The Morgan fingerprint density at radius 1 is 1.26 bits per heavy atom. The van der Waals surface area contributed by atoms with Crippen molar-refractivity contribution in [1.29, 1.82) is 0 Å². The van der Waals surface area contributed by atoms with Crippen molar-refractivity contribution in [3.63, 3.8) is 0 Å². The zero-order chi connectivity index (χ0) is 16.8. The Balaban J connectivity index is 1.75. The first-order valence-electron chi connectivity index (χ1n) is 8.43.